The highest BCUT2D eigenvalue weighted by molar-refractivity contribution is 7.85. The molecule has 1 unspecified atom stereocenters. The lowest BCUT2D eigenvalue weighted by atomic mass is 9.99. The van der Waals surface area contributed by atoms with Gasteiger partial charge in [-0.3, -0.25) is 14.4 Å². The topological polar surface area (TPSA) is 60.2 Å². The molecule has 9 rings (SSSR count). The largest absolute Gasteiger partial charge is 0.309 e. The first-order valence-electron chi connectivity index (χ1n) is 14.2. The van der Waals surface area contributed by atoms with Gasteiger partial charge in [0.15, 0.2) is 7.14 Å². The number of fused-ring (bicyclic) bond motifs is 11. The lowest BCUT2D eigenvalue weighted by Crippen LogP contribution is -2.25. The van der Waals surface area contributed by atoms with Crippen LogP contribution in [0.2, 0.25) is 0 Å². The molecular formula is C37H23N4OP. The molecule has 0 N–H and O–H groups in total. The number of rotatable bonds is 3. The van der Waals surface area contributed by atoms with E-state index in [2.05, 4.69) is 81.1 Å². The summed E-state index contributed by atoms with van der Waals surface area (Å²) >= 11 is 0. The van der Waals surface area contributed by atoms with Gasteiger partial charge in [-0.2, -0.15) is 0 Å². The van der Waals surface area contributed by atoms with Crippen LogP contribution in [-0.4, -0.2) is 19.4 Å². The first kappa shape index (κ1) is 24.2. The molecule has 0 saturated carbocycles. The first-order chi connectivity index (χ1) is 21.2. The number of nitrogens with zero attached hydrogens (tertiary/aromatic N) is 4. The Morgan fingerprint density at radius 3 is 2.07 bits per heavy atom. The van der Waals surface area contributed by atoms with Gasteiger partial charge < -0.3 is 4.57 Å². The number of para-hydroxylation sites is 1. The van der Waals surface area contributed by atoms with Crippen molar-refractivity contribution in [3.63, 3.8) is 0 Å². The number of imidazole rings is 1. The second-order valence-electron chi connectivity index (χ2n) is 10.8. The minimum atomic E-state index is -3.29. The number of hydrogen-bond donors (Lipinski definition) is 0. The van der Waals surface area contributed by atoms with E-state index < -0.39 is 7.14 Å². The van der Waals surface area contributed by atoms with Crippen molar-refractivity contribution >= 4 is 83.2 Å². The van der Waals surface area contributed by atoms with Crippen molar-refractivity contribution in [1.82, 2.24) is 19.4 Å². The Morgan fingerprint density at radius 2 is 1.21 bits per heavy atom. The van der Waals surface area contributed by atoms with E-state index in [1.165, 1.54) is 16.2 Å². The van der Waals surface area contributed by atoms with Crippen molar-refractivity contribution in [2.75, 3.05) is 0 Å². The second-order valence-corrected chi connectivity index (χ2v) is 13.6. The first-order valence-corrected chi connectivity index (χ1v) is 15.9. The highest BCUT2D eigenvalue weighted by Crippen LogP contribution is 2.44. The van der Waals surface area contributed by atoms with E-state index in [9.17, 15) is 0 Å². The van der Waals surface area contributed by atoms with Crippen LogP contribution in [0.5, 0.6) is 0 Å². The third-order valence-corrected chi connectivity index (χ3v) is 11.6. The van der Waals surface area contributed by atoms with Crippen molar-refractivity contribution in [3.8, 4) is 0 Å². The molecule has 0 saturated heterocycles. The van der Waals surface area contributed by atoms with Crippen LogP contribution in [0.15, 0.2) is 140 Å². The predicted molar refractivity (Wildman–Crippen MR) is 178 cm³/mol. The summed E-state index contributed by atoms with van der Waals surface area (Å²) in [7, 11) is -3.29. The van der Waals surface area contributed by atoms with E-state index in [-0.39, 0.29) is 0 Å². The number of hydrogen-bond acceptors (Lipinski definition) is 4. The van der Waals surface area contributed by atoms with E-state index in [1.807, 2.05) is 60.7 Å². The zero-order valence-corrected chi connectivity index (χ0v) is 23.8. The summed E-state index contributed by atoms with van der Waals surface area (Å²) < 4.78 is 17.7. The van der Waals surface area contributed by atoms with Gasteiger partial charge >= 0.3 is 0 Å². The minimum Gasteiger partial charge on any atom is -0.309 e. The number of pyridine rings is 1. The summed E-state index contributed by atoms with van der Waals surface area (Å²) in [5.74, 6) is 0. The van der Waals surface area contributed by atoms with Crippen LogP contribution in [0, 0.1) is 0 Å². The predicted octanol–water partition coefficient (Wildman–Crippen LogP) is 7.53. The molecule has 0 bridgehead atoms. The maximum absolute atomic E-state index is 15.5. The lowest BCUT2D eigenvalue weighted by molar-refractivity contribution is 0.592. The summed E-state index contributed by atoms with van der Waals surface area (Å²) in [4.78, 5) is 14.1. The highest BCUT2D eigenvalue weighted by Gasteiger charge is 2.31. The molecule has 1 atom stereocenters. The second kappa shape index (κ2) is 9.06. The van der Waals surface area contributed by atoms with Crippen LogP contribution in [-0.2, 0) is 4.57 Å². The van der Waals surface area contributed by atoms with Gasteiger partial charge in [0.1, 0.15) is 5.65 Å². The summed E-state index contributed by atoms with van der Waals surface area (Å²) in [6, 6.07) is 42.9. The Balaban J connectivity index is 1.39. The van der Waals surface area contributed by atoms with Crippen LogP contribution in [0.3, 0.4) is 0 Å². The Hall–Kier alpha value is -5.38. The third-order valence-electron chi connectivity index (χ3n) is 8.52. The molecule has 3 aromatic heterocycles. The summed E-state index contributed by atoms with van der Waals surface area (Å²) in [6.45, 7) is 0. The molecule has 0 radical (unpaired) electrons. The summed E-state index contributed by atoms with van der Waals surface area (Å²) in [5, 5.41) is 8.10. The Labute approximate surface area is 246 Å². The highest BCUT2D eigenvalue weighted by atomic mass is 31.2. The molecule has 6 heteroatoms. The van der Waals surface area contributed by atoms with E-state index in [0.29, 0.717) is 0 Å². The van der Waals surface area contributed by atoms with Crippen molar-refractivity contribution < 1.29 is 4.57 Å². The molecule has 0 spiro atoms. The molecule has 5 nitrogen and oxygen atoms in total. The summed E-state index contributed by atoms with van der Waals surface area (Å²) in [5.41, 5.74) is 5.23. The van der Waals surface area contributed by atoms with Gasteiger partial charge in [-0.1, -0.05) is 78.9 Å². The quantitative estimate of drug-likeness (QED) is 0.163. The molecule has 0 amide bonds. The van der Waals surface area contributed by atoms with Crippen LogP contribution in [0.25, 0.3) is 60.2 Å². The van der Waals surface area contributed by atoms with Gasteiger partial charge in [0.05, 0.1) is 27.6 Å². The molecule has 0 fully saturated rings. The minimum absolute atomic E-state index is 0.719. The molecule has 43 heavy (non-hydrogen) atoms. The SMILES string of the molecule is O=P(c1ccccc1)(c1ccc2nccnc2c1)c1ccc2nc3c4ccc5ccccc5c4c4ccccc4n3c2c1. The molecule has 6 aromatic carbocycles. The maximum Gasteiger partial charge on any atom is 0.171 e. The van der Waals surface area contributed by atoms with Crippen molar-refractivity contribution in [2.45, 2.75) is 0 Å². The van der Waals surface area contributed by atoms with Gasteiger partial charge in [-0.15, -0.1) is 0 Å². The fourth-order valence-electron chi connectivity index (χ4n) is 6.54. The van der Waals surface area contributed by atoms with E-state index >= 15 is 4.57 Å². The molecule has 0 aliphatic carbocycles. The summed E-state index contributed by atoms with van der Waals surface area (Å²) in [6.07, 6.45) is 3.34. The normalized spacial score (nSPS) is 13.4. The number of benzene rings is 6. The molecular weight excluding hydrogens is 547 g/mol. The Bertz CT molecular complexity index is 2610. The molecule has 202 valence electrons. The average molecular weight is 571 g/mol. The third kappa shape index (κ3) is 3.46. The van der Waals surface area contributed by atoms with E-state index in [0.717, 1.165) is 59.9 Å². The van der Waals surface area contributed by atoms with Gasteiger partial charge in [0, 0.05) is 44.5 Å². The van der Waals surface area contributed by atoms with Gasteiger partial charge in [-0.25, -0.2) is 4.98 Å². The van der Waals surface area contributed by atoms with Crippen molar-refractivity contribution in [2.24, 2.45) is 0 Å². The smallest absolute Gasteiger partial charge is 0.171 e. The Morgan fingerprint density at radius 1 is 0.512 bits per heavy atom. The monoisotopic (exact) mass is 570 g/mol. The standard InChI is InChI=1S/C37H23N4OP/c42-43(25-9-2-1-3-10-25,26-15-18-31-33(22-26)39-21-20-38-31)27-16-19-32-35(23-27)41-34-13-7-6-12-29(34)36-28-11-5-4-8-24(28)14-17-30(36)37(41)40-32/h1-23H. The molecule has 0 aliphatic heterocycles. The zero-order valence-electron chi connectivity index (χ0n) is 22.9. The van der Waals surface area contributed by atoms with E-state index in [4.69, 9.17) is 4.98 Å². The van der Waals surface area contributed by atoms with Crippen LogP contribution in [0.1, 0.15) is 0 Å². The molecule has 9 aromatic rings. The lowest BCUT2D eigenvalue weighted by Gasteiger charge is -2.20. The van der Waals surface area contributed by atoms with Gasteiger partial charge in [0.25, 0.3) is 0 Å². The van der Waals surface area contributed by atoms with Gasteiger partial charge in [0.2, 0.25) is 0 Å². The van der Waals surface area contributed by atoms with Crippen molar-refractivity contribution in [3.05, 3.63) is 140 Å². The van der Waals surface area contributed by atoms with Crippen LogP contribution >= 0.6 is 7.14 Å². The number of aromatic nitrogens is 4. The molecule has 3 heterocycles. The van der Waals surface area contributed by atoms with Crippen LogP contribution in [0.4, 0.5) is 0 Å². The Kier molecular flexibility index (Phi) is 5.11. The van der Waals surface area contributed by atoms with E-state index in [1.54, 1.807) is 12.4 Å². The molecule has 0 aliphatic rings. The van der Waals surface area contributed by atoms with Crippen LogP contribution < -0.4 is 15.9 Å². The zero-order chi connectivity index (χ0) is 28.5. The maximum atomic E-state index is 15.5. The fraction of sp³-hybridized carbons (Fsp3) is 0. The fourth-order valence-corrected chi connectivity index (χ4v) is 9.21. The van der Waals surface area contributed by atoms with Gasteiger partial charge in [-0.05, 0) is 59.3 Å². The van der Waals surface area contributed by atoms with Crippen molar-refractivity contribution in [1.29, 1.82) is 0 Å². The average Bonchev–Trinajstić information content (AvgIpc) is 3.47.